The molecule has 2 aromatic rings. The van der Waals surface area contributed by atoms with Crippen molar-refractivity contribution in [3.05, 3.63) is 36.0 Å². The molecule has 0 atom stereocenters. The van der Waals surface area contributed by atoms with Gasteiger partial charge in [0, 0.05) is 11.8 Å². The Balaban J connectivity index is 2.48. The normalized spacial score (nSPS) is 11.4. The molecule has 0 saturated heterocycles. The van der Waals surface area contributed by atoms with Gasteiger partial charge in [0.25, 0.3) is 10.0 Å². The number of H-pyrrole nitrogens is 1. The lowest BCUT2D eigenvalue weighted by molar-refractivity contribution is 0.486. The van der Waals surface area contributed by atoms with Crippen LogP contribution in [-0.2, 0) is 10.0 Å². The van der Waals surface area contributed by atoms with E-state index in [-0.39, 0.29) is 11.5 Å². The van der Waals surface area contributed by atoms with Crippen molar-refractivity contribution >= 4 is 21.5 Å². The van der Waals surface area contributed by atoms with E-state index in [1.54, 1.807) is 0 Å². The van der Waals surface area contributed by atoms with Crippen LogP contribution < -0.4 is 10.5 Å². The topological polar surface area (TPSA) is 101 Å². The molecule has 0 aliphatic rings. The van der Waals surface area contributed by atoms with E-state index in [0.717, 1.165) is 6.07 Å². The van der Waals surface area contributed by atoms with Crippen LogP contribution in [0.2, 0.25) is 0 Å². The third kappa shape index (κ3) is 2.25. The second-order valence-corrected chi connectivity index (χ2v) is 5.04. The standard InChI is InChI=1S/C9H8F2N4O2S/c10-6-3-5(12)4-7(9(6)11)18(16,17)15-8-1-2-13-14-8/h1-4H,12H2,(H2,13,14,15). The molecule has 96 valence electrons. The zero-order valence-electron chi connectivity index (χ0n) is 8.81. The number of aromatic nitrogens is 2. The SMILES string of the molecule is Nc1cc(F)c(F)c(S(=O)(=O)Nc2ccn[nH]2)c1. The molecule has 4 N–H and O–H groups in total. The summed E-state index contributed by atoms with van der Waals surface area (Å²) >= 11 is 0. The highest BCUT2D eigenvalue weighted by molar-refractivity contribution is 7.92. The third-order valence-corrected chi connectivity index (χ3v) is 3.42. The van der Waals surface area contributed by atoms with E-state index in [1.165, 1.54) is 12.3 Å². The molecule has 0 spiro atoms. The Morgan fingerprint density at radius 2 is 2.06 bits per heavy atom. The predicted molar refractivity (Wildman–Crippen MR) is 60.2 cm³/mol. The molecule has 1 aromatic heterocycles. The van der Waals surface area contributed by atoms with Gasteiger partial charge in [0.05, 0.1) is 6.20 Å². The highest BCUT2D eigenvalue weighted by Gasteiger charge is 2.23. The van der Waals surface area contributed by atoms with E-state index in [1.807, 2.05) is 4.72 Å². The van der Waals surface area contributed by atoms with Crippen LogP contribution in [0.3, 0.4) is 0 Å². The van der Waals surface area contributed by atoms with Crippen molar-refractivity contribution in [1.29, 1.82) is 0 Å². The van der Waals surface area contributed by atoms with Crippen molar-refractivity contribution in [2.24, 2.45) is 0 Å². The summed E-state index contributed by atoms with van der Waals surface area (Å²) in [6.07, 6.45) is 1.30. The van der Waals surface area contributed by atoms with Crippen LogP contribution in [0.1, 0.15) is 0 Å². The van der Waals surface area contributed by atoms with Gasteiger partial charge in [0.2, 0.25) is 0 Å². The first-order valence-corrected chi connectivity index (χ1v) is 6.15. The minimum Gasteiger partial charge on any atom is -0.399 e. The number of rotatable bonds is 3. The first-order chi connectivity index (χ1) is 8.40. The molecule has 0 unspecified atom stereocenters. The Bertz CT molecular complexity index is 670. The number of sulfonamides is 1. The number of aromatic amines is 1. The van der Waals surface area contributed by atoms with Crippen molar-refractivity contribution in [3.8, 4) is 0 Å². The molecule has 9 heteroatoms. The van der Waals surface area contributed by atoms with E-state index >= 15 is 0 Å². The molecule has 0 aliphatic heterocycles. The third-order valence-electron chi connectivity index (χ3n) is 2.05. The maximum Gasteiger partial charge on any atom is 0.266 e. The van der Waals surface area contributed by atoms with Gasteiger partial charge in [0.15, 0.2) is 11.6 Å². The summed E-state index contributed by atoms with van der Waals surface area (Å²) in [7, 11) is -4.28. The first kappa shape index (κ1) is 12.3. The van der Waals surface area contributed by atoms with E-state index in [0.29, 0.717) is 6.07 Å². The molecule has 0 saturated carbocycles. The smallest absolute Gasteiger partial charge is 0.266 e. The zero-order chi connectivity index (χ0) is 13.3. The fourth-order valence-electron chi connectivity index (χ4n) is 1.29. The van der Waals surface area contributed by atoms with Crippen LogP contribution >= 0.6 is 0 Å². The Labute approximate surface area is 101 Å². The summed E-state index contributed by atoms with van der Waals surface area (Å²) in [5.74, 6) is -2.80. The molecule has 0 bridgehead atoms. The van der Waals surface area contributed by atoms with Crippen molar-refractivity contribution in [3.63, 3.8) is 0 Å². The largest absolute Gasteiger partial charge is 0.399 e. The average molecular weight is 274 g/mol. The lowest BCUT2D eigenvalue weighted by Crippen LogP contribution is -2.16. The molecule has 6 nitrogen and oxygen atoms in total. The minimum atomic E-state index is -4.28. The van der Waals surface area contributed by atoms with Gasteiger partial charge in [-0.25, -0.2) is 17.2 Å². The van der Waals surface area contributed by atoms with Gasteiger partial charge in [-0.2, -0.15) is 5.10 Å². The van der Waals surface area contributed by atoms with Crippen LogP contribution in [-0.4, -0.2) is 18.6 Å². The molecular formula is C9H8F2N4O2S. The highest BCUT2D eigenvalue weighted by Crippen LogP contribution is 2.22. The number of hydrogen-bond donors (Lipinski definition) is 3. The van der Waals surface area contributed by atoms with E-state index in [2.05, 4.69) is 10.2 Å². The summed E-state index contributed by atoms with van der Waals surface area (Å²) in [6.45, 7) is 0. The monoisotopic (exact) mass is 274 g/mol. The number of halogens is 2. The van der Waals surface area contributed by atoms with Gasteiger partial charge in [-0.1, -0.05) is 0 Å². The predicted octanol–water partition coefficient (Wildman–Crippen LogP) is 1.07. The average Bonchev–Trinajstić information content (AvgIpc) is 2.75. The van der Waals surface area contributed by atoms with E-state index < -0.39 is 26.6 Å². The summed E-state index contributed by atoms with van der Waals surface area (Å²) in [5, 5.41) is 5.84. The molecule has 1 heterocycles. The molecule has 0 radical (unpaired) electrons. The summed E-state index contributed by atoms with van der Waals surface area (Å²) < 4.78 is 52.1. The molecule has 1 aromatic carbocycles. The summed E-state index contributed by atoms with van der Waals surface area (Å²) in [5.41, 5.74) is 5.08. The Kier molecular flexibility index (Phi) is 2.91. The maximum absolute atomic E-state index is 13.4. The van der Waals surface area contributed by atoms with Crippen LogP contribution in [0, 0.1) is 11.6 Å². The van der Waals surface area contributed by atoms with Crippen LogP contribution in [0.25, 0.3) is 0 Å². The van der Waals surface area contributed by atoms with Gasteiger partial charge >= 0.3 is 0 Å². The maximum atomic E-state index is 13.4. The molecule has 0 amide bonds. The van der Waals surface area contributed by atoms with Crippen molar-refractivity contribution in [1.82, 2.24) is 10.2 Å². The number of nitrogens with one attached hydrogen (secondary N) is 2. The van der Waals surface area contributed by atoms with Gasteiger partial charge in [0.1, 0.15) is 10.7 Å². The lowest BCUT2D eigenvalue weighted by atomic mass is 10.3. The summed E-state index contributed by atoms with van der Waals surface area (Å²) in [4.78, 5) is -0.866. The zero-order valence-corrected chi connectivity index (χ0v) is 9.63. The first-order valence-electron chi connectivity index (χ1n) is 4.67. The minimum absolute atomic E-state index is 0.0252. The highest BCUT2D eigenvalue weighted by atomic mass is 32.2. The fourth-order valence-corrected chi connectivity index (χ4v) is 2.43. The van der Waals surface area contributed by atoms with Gasteiger partial charge in [-0.05, 0) is 12.1 Å². The van der Waals surface area contributed by atoms with Gasteiger partial charge in [-0.3, -0.25) is 9.82 Å². The Morgan fingerprint density at radius 3 is 2.67 bits per heavy atom. The Hall–Kier alpha value is -2.16. The van der Waals surface area contributed by atoms with Crippen molar-refractivity contribution in [2.75, 3.05) is 10.5 Å². The van der Waals surface area contributed by atoms with Crippen molar-refractivity contribution < 1.29 is 17.2 Å². The number of nitrogen functional groups attached to an aromatic ring is 1. The number of hydrogen-bond acceptors (Lipinski definition) is 4. The van der Waals surface area contributed by atoms with Crippen molar-refractivity contribution in [2.45, 2.75) is 4.90 Å². The number of anilines is 2. The van der Waals surface area contributed by atoms with E-state index in [4.69, 9.17) is 5.73 Å². The lowest BCUT2D eigenvalue weighted by Gasteiger charge is -2.08. The second-order valence-electron chi connectivity index (χ2n) is 3.39. The molecule has 0 aliphatic carbocycles. The van der Waals surface area contributed by atoms with Crippen LogP contribution in [0.5, 0.6) is 0 Å². The fraction of sp³-hybridized carbons (Fsp3) is 0. The van der Waals surface area contributed by atoms with Gasteiger partial charge < -0.3 is 5.73 Å². The van der Waals surface area contributed by atoms with Gasteiger partial charge in [-0.15, -0.1) is 0 Å². The van der Waals surface area contributed by atoms with E-state index in [9.17, 15) is 17.2 Å². The molecule has 18 heavy (non-hydrogen) atoms. The second kappa shape index (κ2) is 4.26. The molecular weight excluding hydrogens is 266 g/mol. The summed E-state index contributed by atoms with van der Waals surface area (Å²) in [6, 6.07) is 2.85. The number of benzene rings is 1. The molecule has 0 fully saturated rings. The quantitative estimate of drug-likeness (QED) is 0.729. The number of nitrogens with two attached hydrogens (primary N) is 1. The Morgan fingerprint density at radius 1 is 1.33 bits per heavy atom. The molecule has 2 rings (SSSR count). The van der Waals surface area contributed by atoms with Crippen LogP contribution in [0.4, 0.5) is 20.3 Å². The number of nitrogens with zero attached hydrogens (tertiary/aromatic N) is 1. The van der Waals surface area contributed by atoms with Crippen LogP contribution in [0.15, 0.2) is 29.3 Å².